The normalized spacial score (nSPS) is 18.5. The zero-order valence-electron chi connectivity index (χ0n) is 18.3. The van der Waals surface area contributed by atoms with Gasteiger partial charge in [-0.1, -0.05) is 6.07 Å². The van der Waals surface area contributed by atoms with Gasteiger partial charge >= 0.3 is 6.03 Å². The van der Waals surface area contributed by atoms with Crippen LogP contribution in [-0.4, -0.2) is 51.5 Å². The molecule has 2 aliphatic rings. The fraction of sp³-hybridized carbons (Fsp3) is 0.545. The summed E-state index contributed by atoms with van der Waals surface area (Å²) in [5, 5.41) is 22.7. The van der Waals surface area contributed by atoms with Crippen molar-refractivity contribution in [1.82, 2.24) is 4.98 Å². The molecule has 1 heterocycles. The molecule has 1 aromatic carbocycles. The van der Waals surface area contributed by atoms with E-state index in [1.807, 2.05) is 0 Å². The van der Waals surface area contributed by atoms with Crippen molar-refractivity contribution >= 4 is 32.8 Å². The van der Waals surface area contributed by atoms with Gasteiger partial charge in [0.05, 0.1) is 35.7 Å². The summed E-state index contributed by atoms with van der Waals surface area (Å²) in [5.41, 5.74) is 4.45. The van der Waals surface area contributed by atoms with E-state index in [1.54, 1.807) is 0 Å². The Hall–Kier alpha value is -1.85. The molecule has 0 radical (unpaired) electrons. The molecule has 2 amide bonds. The van der Waals surface area contributed by atoms with Gasteiger partial charge in [0.1, 0.15) is 14.8 Å². The van der Waals surface area contributed by atoms with Crippen molar-refractivity contribution in [3.05, 3.63) is 39.5 Å². The number of aryl methyl sites for hydroxylation is 2. The predicted octanol–water partition coefficient (Wildman–Crippen LogP) is 3.03. The summed E-state index contributed by atoms with van der Waals surface area (Å²) in [6.45, 7) is 1.42. The molecule has 0 saturated carbocycles. The summed E-state index contributed by atoms with van der Waals surface area (Å²) < 4.78 is 22.8. The molecular weight excluding hydrogens is 450 g/mol. The van der Waals surface area contributed by atoms with Gasteiger partial charge in [0.2, 0.25) is 0 Å². The molecule has 8 nitrogen and oxygen atoms in total. The van der Waals surface area contributed by atoms with Crippen molar-refractivity contribution in [1.29, 1.82) is 0 Å². The second kappa shape index (κ2) is 9.18. The number of nitrogens with one attached hydrogen (secondary N) is 1. The van der Waals surface area contributed by atoms with Crippen LogP contribution in [0.25, 0.3) is 0 Å². The number of carbonyl (C=O) groups excluding carboxylic acids is 1. The first-order chi connectivity index (χ1) is 15.2. The summed E-state index contributed by atoms with van der Waals surface area (Å²) in [5.74, 6) is 0. The Morgan fingerprint density at radius 1 is 1.28 bits per heavy atom. The number of hydrogen-bond donors (Lipinski definition) is 3. The molecule has 2 aliphatic carbocycles. The smallest absolute Gasteiger partial charge is 0.353 e. The highest BCUT2D eigenvalue weighted by atomic mass is 32.2. The molecule has 4 rings (SSSR count). The molecular formula is C22H29N3O5S2. The maximum absolute atomic E-state index is 13.3. The van der Waals surface area contributed by atoms with Crippen molar-refractivity contribution in [3.8, 4) is 0 Å². The van der Waals surface area contributed by atoms with Crippen molar-refractivity contribution in [3.63, 3.8) is 0 Å². The Kier molecular flexibility index (Phi) is 6.69. The number of rotatable bonds is 7. The lowest BCUT2D eigenvalue weighted by Gasteiger charge is -2.20. The van der Waals surface area contributed by atoms with Gasteiger partial charge < -0.3 is 20.3 Å². The third-order valence-corrected chi connectivity index (χ3v) is 9.49. The number of urea groups is 1. The van der Waals surface area contributed by atoms with Crippen molar-refractivity contribution in [2.75, 3.05) is 31.4 Å². The average molecular weight is 480 g/mol. The third-order valence-electron chi connectivity index (χ3n) is 5.90. The maximum Gasteiger partial charge on any atom is 0.353 e. The first kappa shape index (κ1) is 23.3. The minimum absolute atomic E-state index is 0.0622. The number of aromatic nitrogens is 1. The number of fused-ring (bicyclic) bond motifs is 2. The van der Waals surface area contributed by atoms with E-state index in [0.717, 1.165) is 55.5 Å². The van der Waals surface area contributed by atoms with E-state index in [4.69, 9.17) is 9.84 Å². The standard InChI is InChI=1S/C22H29N3O5S2/c1-22(28,13-30-10-9-26)20-23-12-18(31-20)32(2,29)25-21(27)24-19-16-7-3-5-14(16)11-15-6-4-8-17(15)19/h11-12,26,28H,3-10,13H2,1-2H3,(H,24,27). The Bertz CT molecular complexity index is 1120. The minimum Gasteiger partial charge on any atom is -0.394 e. The molecule has 174 valence electrons. The topological polar surface area (TPSA) is 121 Å². The fourth-order valence-corrected chi connectivity index (χ4v) is 6.73. The van der Waals surface area contributed by atoms with Crippen molar-refractivity contribution < 1.29 is 24.0 Å². The molecule has 2 unspecified atom stereocenters. The SMILES string of the molecule is CC(O)(COCCO)c1ncc(S(C)(=O)=NC(=O)Nc2c3c(cc4c2CCC4)CCC3)s1. The van der Waals surface area contributed by atoms with Crippen LogP contribution in [0, 0.1) is 0 Å². The van der Waals surface area contributed by atoms with Gasteiger partial charge in [0, 0.05) is 11.9 Å². The van der Waals surface area contributed by atoms with Crippen LogP contribution in [0.3, 0.4) is 0 Å². The Morgan fingerprint density at radius 3 is 2.56 bits per heavy atom. The number of aliphatic hydroxyl groups excluding tert-OH is 1. The molecule has 3 N–H and O–H groups in total. The van der Waals surface area contributed by atoms with E-state index < -0.39 is 21.4 Å². The second-order valence-corrected chi connectivity index (χ2v) is 12.1. The van der Waals surface area contributed by atoms with E-state index in [1.165, 1.54) is 41.6 Å². The number of anilines is 1. The summed E-state index contributed by atoms with van der Waals surface area (Å²) >= 11 is 1.04. The van der Waals surface area contributed by atoms with Gasteiger partial charge in [-0.15, -0.1) is 15.7 Å². The third kappa shape index (κ3) is 4.74. The van der Waals surface area contributed by atoms with Gasteiger partial charge in [0.15, 0.2) is 0 Å². The first-order valence-corrected chi connectivity index (χ1v) is 13.5. The van der Waals surface area contributed by atoms with E-state index in [-0.39, 0.29) is 19.8 Å². The van der Waals surface area contributed by atoms with Crippen molar-refractivity contribution in [2.45, 2.75) is 55.3 Å². The fourth-order valence-electron chi connectivity index (χ4n) is 4.38. The second-order valence-electron chi connectivity index (χ2n) is 8.59. The highest BCUT2D eigenvalue weighted by Gasteiger charge is 2.29. The largest absolute Gasteiger partial charge is 0.394 e. The highest BCUT2D eigenvalue weighted by molar-refractivity contribution is 7.95. The number of aliphatic hydroxyl groups is 2. The van der Waals surface area contributed by atoms with E-state index >= 15 is 0 Å². The van der Waals surface area contributed by atoms with Crippen LogP contribution in [0.15, 0.2) is 20.8 Å². The Balaban J connectivity index is 1.56. The van der Waals surface area contributed by atoms with Crippen LogP contribution in [0.1, 0.15) is 47.0 Å². The van der Waals surface area contributed by atoms with Crippen LogP contribution in [-0.2, 0) is 45.8 Å². The quantitative estimate of drug-likeness (QED) is 0.525. The van der Waals surface area contributed by atoms with E-state index in [9.17, 15) is 14.1 Å². The Labute approximate surface area is 192 Å². The molecule has 2 atom stereocenters. The molecule has 10 heteroatoms. The van der Waals surface area contributed by atoms with Gasteiger partial charge in [-0.2, -0.15) is 0 Å². The number of ether oxygens (including phenoxy) is 1. The lowest BCUT2D eigenvalue weighted by Crippen LogP contribution is -2.28. The number of thiazole rings is 1. The van der Waals surface area contributed by atoms with Crippen molar-refractivity contribution in [2.24, 2.45) is 4.36 Å². The monoisotopic (exact) mass is 479 g/mol. The maximum atomic E-state index is 13.3. The number of nitrogens with zero attached hydrogens (tertiary/aromatic N) is 2. The lowest BCUT2D eigenvalue weighted by molar-refractivity contribution is -0.0447. The minimum atomic E-state index is -3.05. The Morgan fingerprint density at radius 2 is 1.94 bits per heavy atom. The summed E-state index contributed by atoms with van der Waals surface area (Å²) in [4.78, 5) is 17.0. The van der Waals surface area contributed by atoms with Gasteiger partial charge in [-0.05, 0) is 67.7 Å². The number of carbonyl (C=O) groups is 1. The molecule has 0 fully saturated rings. The highest BCUT2D eigenvalue weighted by Crippen LogP contribution is 2.38. The summed E-state index contributed by atoms with van der Waals surface area (Å²) in [7, 11) is -3.05. The number of hydrogen-bond acceptors (Lipinski definition) is 7. The van der Waals surface area contributed by atoms with E-state index in [2.05, 4.69) is 20.7 Å². The van der Waals surface area contributed by atoms with Crippen LogP contribution in [0.4, 0.5) is 10.5 Å². The average Bonchev–Trinajstić information content (AvgIpc) is 3.47. The summed E-state index contributed by atoms with van der Waals surface area (Å²) in [6.07, 6.45) is 8.87. The lowest BCUT2D eigenvalue weighted by atomic mass is 9.99. The molecule has 0 aliphatic heterocycles. The number of amides is 2. The van der Waals surface area contributed by atoms with Crippen LogP contribution >= 0.6 is 11.3 Å². The molecule has 0 saturated heterocycles. The summed E-state index contributed by atoms with van der Waals surface area (Å²) in [6, 6.07) is 1.66. The van der Waals surface area contributed by atoms with Gasteiger partial charge in [-0.25, -0.2) is 14.0 Å². The molecule has 0 spiro atoms. The number of benzene rings is 1. The molecule has 1 aromatic heterocycles. The molecule has 2 aromatic rings. The van der Waals surface area contributed by atoms with Crippen LogP contribution in [0.5, 0.6) is 0 Å². The first-order valence-electron chi connectivity index (χ1n) is 10.8. The predicted molar refractivity (Wildman–Crippen MR) is 124 cm³/mol. The molecule has 32 heavy (non-hydrogen) atoms. The zero-order valence-corrected chi connectivity index (χ0v) is 20.0. The zero-order chi connectivity index (χ0) is 22.9. The van der Waals surface area contributed by atoms with Gasteiger partial charge in [0.25, 0.3) is 0 Å². The van der Waals surface area contributed by atoms with Crippen LogP contribution < -0.4 is 5.32 Å². The van der Waals surface area contributed by atoms with Crippen LogP contribution in [0.2, 0.25) is 0 Å². The van der Waals surface area contributed by atoms with E-state index in [0.29, 0.717) is 9.22 Å². The molecule has 0 bridgehead atoms. The van der Waals surface area contributed by atoms with Gasteiger partial charge in [-0.3, -0.25) is 0 Å².